The average Bonchev–Trinajstić information content (AvgIpc) is 2.67. The summed E-state index contributed by atoms with van der Waals surface area (Å²) in [6.07, 6.45) is 0. The van der Waals surface area contributed by atoms with Gasteiger partial charge in [-0.1, -0.05) is 6.07 Å². The molecule has 1 heterocycles. The van der Waals surface area contributed by atoms with Gasteiger partial charge in [0.2, 0.25) is 0 Å². The largest absolute Gasteiger partial charge is 0.264 e. The van der Waals surface area contributed by atoms with Crippen molar-refractivity contribution >= 4 is 16.0 Å². The van der Waals surface area contributed by atoms with Gasteiger partial charge in [-0.2, -0.15) is 4.98 Å². The highest BCUT2D eigenvalue weighted by Gasteiger charge is 2.16. The number of benzene rings is 1. The van der Waals surface area contributed by atoms with E-state index in [1.165, 1.54) is 0 Å². The molecule has 0 radical (unpaired) electrons. The molecule has 0 atom stereocenters. The first kappa shape index (κ1) is 12.6. The van der Waals surface area contributed by atoms with Gasteiger partial charge in [0.1, 0.15) is 5.82 Å². The Bertz CT molecular complexity index is 676. The van der Waals surface area contributed by atoms with Crippen LogP contribution in [0, 0.1) is 20.8 Å². The second-order valence-corrected chi connectivity index (χ2v) is 5.78. The number of H-pyrrole nitrogens is 1. The number of nitrogens with zero attached hydrogens (tertiary/aromatic N) is 2. The van der Waals surface area contributed by atoms with Crippen LogP contribution in [-0.2, 0) is 10.0 Å². The molecule has 1 aromatic carbocycles. The molecule has 0 aliphatic carbocycles. The molecular weight excluding hydrogens is 252 g/mol. The van der Waals surface area contributed by atoms with E-state index in [0.717, 1.165) is 11.1 Å². The van der Waals surface area contributed by atoms with Gasteiger partial charge in [0.25, 0.3) is 16.0 Å². The second kappa shape index (κ2) is 4.41. The van der Waals surface area contributed by atoms with E-state index in [0.29, 0.717) is 5.82 Å². The summed E-state index contributed by atoms with van der Waals surface area (Å²) in [5.41, 5.74) is 1.96. The van der Waals surface area contributed by atoms with E-state index >= 15 is 0 Å². The van der Waals surface area contributed by atoms with Crippen LogP contribution in [0.4, 0.5) is 5.95 Å². The summed E-state index contributed by atoms with van der Waals surface area (Å²) in [7, 11) is -3.63. The minimum Gasteiger partial charge on any atom is -0.261 e. The van der Waals surface area contributed by atoms with Gasteiger partial charge in [-0.15, -0.1) is 5.10 Å². The van der Waals surface area contributed by atoms with E-state index in [2.05, 4.69) is 19.9 Å². The number of aromatic nitrogens is 3. The number of rotatable bonds is 3. The Morgan fingerprint density at radius 2 is 1.89 bits per heavy atom. The van der Waals surface area contributed by atoms with Gasteiger partial charge in [-0.25, -0.2) is 13.1 Å². The van der Waals surface area contributed by atoms with Crippen molar-refractivity contribution in [1.29, 1.82) is 0 Å². The standard InChI is InChI=1S/C11H14N4O2S/c1-7-4-5-10(6-8(7)2)18(16,17)15-11-12-9(3)13-14-11/h4-6H,1-3H3,(H2,12,13,14,15). The molecule has 96 valence electrons. The predicted octanol–water partition coefficient (Wildman–Crippen LogP) is 1.53. The van der Waals surface area contributed by atoms with Crippen molar-refractivity contribution in [3.05, 3.63) is 35.2 Å². The van der Waals surface area contributed by atoms with Crippen molar-refractivity contribution < 1.29 is 8.42 Å². The molecular formula is C11H14N4O2S. The number of aryl methyl sites for hydroxylation is 3. The van der Waals surface area contributed by atoms with Gasteiger partial charge in [-0.3, -0.25) is 5.10 Å². The average molecular weight is 266 g/mol. The smallest absolute Gasteiger partial charge is 0.261 e. The van der Waals surface area contributed by atoms with E-state index in [4.69, 9.17) is 0 Å². The van der Waals surface area contributed by atoms with Gasteiger partial charge in [0, 0.05) is 0 Å². The van der Waals surface area contributed by atoms with Gasteiger partial charge in [-0.05, 0) is 44.0 Å². The maximum atomic E-state index is 12.1. The third-order valence-corrected chi connectivity index (χ3v) is 3.94. The van der Waals surface area contributed by atoms with E-state index in [9.17, 15) is 8.42 Å². The quantitative estimate of drug-likeness (QED) is 0.881. The second-order valence-electron chi connectivity index (χ2n) is 4.10. The number of hydrogen-bond donors (Lipinski definition) is 2. The van der Waals surface area contributed by atoms with Crippen LogP contribution in [-0.4, -0.2) is 23.6 Å². The summed E-state index contributed by atoms with van der Waals surface area (Å²) >= 11 is 0. The summed E-state index contributed by atoms with van der Waals surface area (Å²) in [6, 6.07) is 4.95. The van der Waals surface area contributed by atoms with E-state index in [-0.39, 0.29) is 10.8 Å². The Morgan fingerprint density at radius 3 is 2.44 bits per heavy atom. The highest BCUT2D eigenvalue weighted by Crippen LogP contribution is 2.16. The fourth-order valence-corrected chi connectivity index (χ4v) is 2.48. The fraction of sp³-hybridized carbons (Fsp3) is 0.273. The lowest BCUT2D eigenvalue weighted by Gasteiger charge is -2.06. The Morgan fingerprint density at radius 1 is 1.17 bits per heavy atom. The first-order chi connectivity index (χ1) is 8.38. The summed E-state index contributed by atoms with van der Waals surface area (Å²) < 4.78 is 26.5. The van der Waals surface area contributed by atoms with Crippen LogP contribution in [0.25, 0.3) is 0 Å². The van der Waals surface area contributed by atoms with Crippen molar-refractivity contribution in [2.24, 2.45) is 0 Å². The molecule has 0 bridgehead atoms. The molecule has 7 heteroatoms. The molecule has 0 spiro atoms. The van der Waals surface area contributed by atoms with Crippen LogP contribution >= 0.6 is 0 Å². The van der Waals surface area contributed by atoms with Crippen molar-refractivity contribution in [3.8, 4) is 0 Å². The first-order valence-electron chi connectivity index (χ1n) is 5.37. The zero-order valence-electron chi connectivity index (χ0n) is 10.4. The monoisotopic (exact) mass is 266 g/mol. The number of nitrogens with one attached hydrogen (secondary N) is 2. The Kier molecular flexibility index (Phi) is 3.08. The lowest BCUT2D eigenvalue weighted by atomic mass is 10.1. The predicted molar refractivity (Wildman–Crippen MR) is 67.8 cm³/mol. The maximum Gasteiger partial charge on any atom is 0.264 e. The molecule has 0 aliphatic rings. The van der Waals surface area contributed by atoms with Gasteiger partial charge < -0.3 is 0 Å². The third kappa shape index (κ3) is 2.51. The molecule has 0 fully saturated rings. The van der Waals surface area contributed by atoms with E-state index in [1.807, 2.05) is 13.8 Å². The highest BCUT2D eigenvalue weighted by molar-refractivity contribution is 7.92. The van der Waals surface area contributed by atoms with Gasteiger partial charge in [0.05, 0.1) is 4.90 Å². The van der Waals surface area contributed by atoms with Crippen LogP contribution < -0.4 is 4.72 Å². The zero-order chi connectivity index (χ0) is 13.3. The summed E-state index contributed by atoms with van der Waals surface area (Å²) in [6.45, 7) is 5.49. The van der Waals surface area contributed by atoms with Crippen LogP contribution in [0.3, 0.4) is 0 Å². The summed E-state index contributed by atoms with van der Waals surface area (Å²) in [4.78, 5) is 4.11. The summed E-state index contributed by atoms with van der Waals surface area (Å²) in [5.74, 6) is 0.596. The molecule has 0 aliphatic heterocycles. The molecule has 0 amide bonds. The van der Waals surface area contributed by atoms with Crippen molar-refractivity contribution in [2.45, 2.75) is 25.7 Å². The Labute approximate surface area is 106 Å². The SMILES string of the molecule is Cc1nc(NS(=O)(=O)c2ccc(C)c(C)c2)n[nH]1. The topological polar surface area (TPSA) is 87.7 Å². The molecule has 0 saturated heterocycles. The van der Waals surface area contributed by atoms with Crippen molar-refractivity contribution in [2.75, 3.05) is 4.72 Å². The van der Waals surface area contributed by atoms with Crippen LogP contribution in [0.15, 0.2) is 23.1 Å². The number of anilines is 1. The molecule has 2 N–H and O–H groups in total. The third-order valence-electron chi connectivity index (χ3n) is 2.61. The van der Waals surface area contributed by atoms with Crippen LogP contribution in [0.5, 0.6) is 0 Å². The van der Waals surface area contributed by atoms with Crippen molar-refractivity contribution in [1.82, 2.24) is 15.2 Å². The molecule has 6 nitrogen and oxygen atoms in total. The van der Waals surface area contributed by atoms with E-state index < -0.39 is 10.0 Å². The van der Waals surface area contributed by atoms with Gasteiger partial charge >= 0.3 is 0 Å². The molecule has 18 heavy (non-hydrogen) atoms. The van der Waals surface area contributed by atoms with Crippen LogP contribution in [0.2, 0.25) is 0 Å². The normalized spacial score (nSPS) is 11.5. The highest BCUT2D eigenvalue weighted by atomic mass is 32.2. The molecule has 0 unspecified atom stereocenters. The minimum atomic E-state index is -3.63. The lowest BCUT2D eigenvalue weighted by molar-refractivity contribution is 0.600. The van der Waals surface area contributed by atoms with Gasteiger partial charge in [0.15, 0.2) is 0 Å². The fourth-order valence-electron chi connectivity index (χ4n) is 1.45. The van der Waals surface area contributed by atoms with Crippen LogP contribution in [0.1, 0.15) is 17.0 Å². The lowest BCUT2D eigenvalue weighted by Crippen LogP contribution is -2.14. The Balaban J connectivity index is 2.33. The molecule has 0 saturated carbocycles. The minimum absolute atomic E-state index is 0.0470. The maximum absolute atomic E-state index is 12.1. The zero-order valence-corrected chi connectivity index (χ0v) is 11.2. The van der Waals surface area contributed by atoms with Crippen molar-refractivity contribution in [3.63, 3.8) is 0 Å². The Hall–Kier alpha value is -1.89. The molecule has 1 aromatic heterocycles. The first-order valence-corrected chi connectivity index (χ1v) is 6.86. The number of sulfonamides is 1. The molecule has 2 aromatic rings. The number of aromatic amines is 1. The molecule has 2 rings (SSSR count). The summed E-state index contributed by atoms with van der Waals surface area (Å²) in [5, 5.41) is 6.32. The van der Waals surface area contributed by atoms with E-state index in [1.54, 1.807) is 25.1 Å². The number of hydrogen-bond acceptors (Lipinski definition) is 4.